The molecule has 0 saturated carbocycles. The highest BCUT2D eigenvalue weighted by Gasteiger charge is 2.08. The lowest BCUT2D eigenvalue weighted by atomic mass is 10.1. The van der Waals surface area contributed by atoms with Crippen LogP contribution in [-0.2, 0) is 20.8 Å². The second-order valence-corrected chi connectivity index (χ2v) is 5.26. The van der Waals surface area contributed by atoms with Crippen LogP contribution in [0.1, 0.15) is 5.56 Å². The molecule has 0 aromatic heterocycles. The van der Waals surface area contributed by atoms with E-state index in [1.807, 2.05) is 18.2 Å². The summed E-state index contributed by atoms with van der Waals surface area (Å²) in [5.41, 5.74) is 1.98. The smallest absolute Gasteiger partial charge is 0.247 e. The maximum atomic E-state index is 12.0. The molecule has 0 aliphatic heterocycles. The molecule has 0 saturated heterocycles. The molecule has 0 aliphatic carbocycles. The Kier molecular flexibility index (Phi) is 6.47. The van der Waals surface area contributed by atoms with E-state index in [1.54, 1.807) is 36.4 Å². The summed E-state index contributed by atoms with van der Waals surface area (Å²) in [4.78, 5) is 35.0. The van der Waals surface area contributed by atoms with Crippen molar-refractivity contribution >= 4 is 29.1 Å². The Bertz CT molecular complexity index is 772. The fourth-order valence-electron chi connectivity index (χ4n) is 2.11. The Morgan fingerprint density at radius 2 is 1.60 bits per heavy atom. The molecule has 0 unspecified atom stereocenters. The zero-order chi connectivity index (χ0) is 18.1. The minimum absolute atomic E-state index is 0.108. The number of hydrogen-bond donors (Lipinski definition) is 3. The van der Waals surface area contributed by atoms with Crippen molar-refractivity contribution in [3.8, 4) is 0 Å². The monoisotopic (exact) mass is 337 g/mol. The number of nitrogens with one attached hydrogen (secondary N) is 3. The van der Waals surface area contributed by atoms with Crippen LogP contribution < -0.4 is 16.0 Å². The van der Waals surface area contributed by atoms with Crippen LogP contribution >= 0.6 is 0 Å². The molecule has 0 spiro atoms. The van der Waals surface area contributed by atoms with Gasteiger partial charge in [-0.2, -0.15) is 0 Å². The van der Waals surface area contributed by atoms with Crippen molar-refractivity contribution in [2.24, 2.45) is 0 Å². The van der Waals surface area contributed by atoms with E-state index < -0.39 is 0 Å². The lowest BCUT2D eigenvalue weighted by Gasteiger charge is -2.08. The van der Waals surface area contributed by atoms with Crippen LogP contribution in [-0.4, -0.2) is 24.3 Å². The number of benzene rings is 2. The number of para-hydroxylation sites is 1. The van der Waals surface area contributed by atoms with Crippen LogP contribution in [0.5, 0.6) is 0 Å². The molecule has 0 aliphatic rings. The van der Waals surface area contributed by atoms with Gasteiger partial charge >= 0.3 is 0 Å². The molecule has 3 amide bonds. The molecule has 0 heterocycles. The van der Waals surface area contributed by atoms with Gasteiger partial charge in [-0.05, 0) is 35.9 Å². The SMILES string of the molecule is C=CC(=O)Nc1cccc(CC(=O)NCC(=O)Nc2ccccc2)c1. The van der Waals surface area contributed by atoms with Crippen LogP contribution in [0.2, 0.25) is 0 Å². The van der Waals surface area contributed by atoms with E-state index in [9.17, 15) is 14.4 Å². The third kappa shape index (κ3) is 6.31. The maximum absolute atomic E-state index is 12.0. The summed E-state index contributed by atoms with van der Waals surface area (Å²) in [6.07, 6.45) is 1.28. The predicted octanol–water partition coefficient (Wildman–Crippen LogP) is 2.11. The highest BCUT2D eigenvalue weighted by atomic mass is 16.2. The maximum Gasteiger partial charge on any atom is 0.247 e. The molecular weight excluding hydrogens is 318 g/mol. The molecule has 2 aromatic rings. The Labute approximate surface area is 145 Å². The Morgan fingerprint density at radius 1 is 0.880 bits per heavy atom. The van der Waals surface area contributed by atoms with Crippen molar-refractivity contribution < 1.29 is 14.4 Å². The molecule has 0 bridgehead atoms. The van der Waals surface area contributed by atoms with Crippen LogP contribution in [0.25, 0.3) is 0 Å². The lowest BCUT2D eigenvalue weighted by Crippen LogP contribution is -2.33. The van der Waals surface area contributed by atoms with Crippen LogP contribution in [0.4, 0.5) is 11.4 Å². The number of rotatable bonds is 7. The third-order valence-corrected chi connectivity index (χ3v) is 3.25. The van der Waals surface area contributed by atoms with Crippen molar-refractivity contribution in [1.29, 1.82) is 0 Å². The fraction of sp³-hybridized carbons (Fsp3) is 0.105. The normalized spacial score (nSPS) is 9.76. The average Bonchev–Trinajstić information content (AvgIpc) is 2.61. The first kappa shape index (κ1) is 17.9. The Hall–Kier alpha value is -3.41. The van der Waals surface area contributed by atoms with Gasteiger partial charge in [0.1, 0.15) is 0 Å². The largest absolute Gasteiger partial charge is 0.347 e. The van der Waals surface area contributed by atoms with E-state index in [0.29, 0.717) is 11.4 Å². The Balaban J connectivity index is 1.82. The van der Waals surface area contributed by atoms with Crippen molar-refractivity contribution in [1.82, 2.24) is 5.32 Å². The molecule has 0 atom stereocenters. The second kappa shape index (κ2) is 9.02. The van der Waals surface area contributed by atoms with E-state index >= 15 is 0 Å². The number of carbonyl (C=O) groups is 3. The molecule has 0 fully saturated rings. The fourth-order valence-corrected chi connectivity index (χ4v) is 2.11. The quantitative estimate of drug-likeness (QED) is 0.676. The minimum Gasteiger partial charge on any atom is -0.347 e. The summed E-state index contributed by atoms with van der Waals surface area (Å²) in [5.74, 6) is -0.902. The number of amides is 3. The van der Waals surface area contributed by atoms with Crippen molar-refractivity contribution in [3.63, 3.8) is 0 Å². The van der Waals surface area contributed by atoms with E-state index in [1.165, 1.54) is 6.08 Å². The van der Waals surface area contributed by atoms with Crippen molar-refractivity contribution in [2.75, 3.05) is 17.2 Å². The van der Waals surface area contributed by atoms with Gasteiger partial charge in [0.05, 0.1) is 13.0 Å². The van der Waals surface area contributed by atoms with Crippen molar-refractivity contribution in [2.45, 2.75) is 6.42 Å². The first-order valence-electron chi connectivity index (χ1n) is 7.71. The van der Waals surface area contributed by atoms with Gasteiger partial charge in [0.25, 0.3) is 0 Å². The van der Waals surface area contributed by atoms with Crippen molar-refractivity contribution in [3.05, 3.63) is 72.8 Å². The summed E-state index contributed by atoms with van der Waals surface area (Å²) >= 11 is 0. The summed E-state index contributed by atoms with van der Waals surface area (Å²) in [6.45, 7) is 3.27. The zero-order valence-corrected chi connectivity index (χ0v) is 13.6. The molecular formula is C19H19N3O3. The molecule has 6 heteroatoms. The molecule has 25 heavy (non-hydrogen) atoms. The number of carbonyl (C=O) groups excluding carboxylic acids is 3. The van der Waals surface area contributed by atoms with E-state index in [2.05, 4.69) is 22.5 Å². The van der Waals surface area contributed by atoms with E-state index in [-0.39, 0.29) is 30.7 Å². The summed E-state index contributed by atoms with van der Waals surface area (Å²) < 4.78 is 0. The van der Waals surface area contributed by atoms with Gasteiger partial charge in [0.15, 0.2) is 0 Å². The highest BCUT2D eigenvalue weighted by Crippen LogP contribution is 2.11. The molecule has 0 radical (unpaired) electrons. The topological polar surface area (TPSA) is 87.3 Å². The standard InChI is InChI=1S/C19H19N3O3/c1-2-17(23)22-16-10-6-7-14(11-16)12-18(24)20-13-19(25)21-15-8-4-3-5-9-15/h2-11H,1,12-13H2,(H,20,24)(H,21,25)(H,22,23). The highest BCUT2D eigenvalue weighted by molar-refractivity contribution is 5.99. The molecule has 6 nitrogen and oxygen atoms in total. The zero-order valence-electron chi connectivity index (χ0n) is 13.6. The molecule has 128 valence electrons. The number of anilines is 2. The van der Waals surface area contributed by atoms with Gasteiger partial charge in [-0.3, -0.25) is 14.4 Å². The molecule has 2 rings (SSSR count). The predicted molar refractivity (Wildman–Crippen MR) is 97.1 cm³/mol. The van der Waals surface area contributed by atoms with Crippen LogP contribution in [0, 0.1) is 0 Å². The first-order valence-corrected chi connectivity index (χ1v) is 7.71. The molecule has 2 aromatic carbocycles. The van der Waals surface area contributed by atoms with Crippen LogP contribution in [0.3, 0.4) is 0 Å². The summed E-state index contributed by atoms with van der Waals surface area (Å²) in [6, 6.07) is 15.9. The molecule has 3 N–H and O–H groups in total. The van der Waals surface area contributed by atoms with Gasteiger partial charge in [-0.1, -0.05) is 36.9 Å². The number of hydrogen-bond acceptors (Lipinski definition) is 3. The Morgan fingerprint density at radius 3 is 2.32 bits per heavy atom. The van der Waals surface area contributed by atoms with Gasteiger partial charge in [0, 0.05) is 11.4 Å². The van der Waals surface area contributed by atoms with Gasteiger partial charge in [0.2, 0.25) is 17.7 Å². The van der Waals surface area contributed by atoms with Gasteiger partial charge in [-0.15, -0.1) is 0 Å². The minimum atomic E-state index is -0.320. The van der Waals surface area contributed by atoms with E-state index in [0.717, 1.165) is 5.56 Å². The average molecular weight is 337 g/mol. The first-order chi connectivity index (χ1) is 12.1. The second-order valence-electron chi connectivity index (χ2n) is 5.26. The van der Waals surface area contributed by atoms with Gasteiger partial charge < -0.3 is 16.0 Å². The third-order valence-electron chi connectivity index (χ3n) is 3.25. The summed E-state index contributed by atoms with van der Waals surface area (Å²) in [5, 5.41) is 7.89. The summed E-state index contributed by atoms with van der Waals surface area (Å²) in [7, 11) is 0. The van der Waals surface area contributed by atoms with Gasteiger partial charge in [-0.25, -0.2) is 0 Å². The lowest BCUT2D eigenvalue weighted by molar-refractivity contribution is -0.123. The van der Waals surface area contributed by atoms with Crippen LogP contribution in [0.15, 0.2) is 67.3 Å². The van der Waals surface area contributed by atoms with E-state index in [4.69, 9.17) is 0 Å².